The van der Waals surface area contributed by atoms with Crippen LogP contribution in [0.2, 0.25) is 0 Å². The van der Waals surface area contributed by atoms with Gasteiger partial charge in [0.05, 0.1) is 11.6 Å². The van der Waals surface area contributed by atoms with Gasteiger partial charge in [-0.15, -0.1) is 11.3 Å². The van der Waals surface area contributed by atoms with Crippen LogP contribution < -0.4 is 24.8 Å². The van der Waals surface area contributed by atoms with Gasteiger partial charge in [0.15, 0.2) is 17.5 Å². The Morgan fingerprint density at radius 3 is 2.79 bits per heavy atom. The van der Waals surface area contributed by atoms with E-state index in [-0.39, 0.29) is 19.1 Å². The maximum Gasteiger partial charge on any atom is 0.387 e. The minimum Gasteiger partial charge on any atom is -0.454 e. The van der Waals surface area contributed by atoms with Crippen LogP contribution in [0.3, 0.4) is 0 Å². The minimum absolute atomic E-state index is 0.0305. The molecule has 0 saturated heterocycles. The molecule has 0 unspecified atom stereocenters. The highest BCUT2D eigenvalue weighted by molar-refractivity contribution is 7.09. The summed E-state index contributed by atoms with van der Waals surface area (Å²) in [5.74, 6) is 1.51. The molecule has 1 aromatic carbocycles. The summed E-state index contributed by atoms with van der Waals surface area (Å²) >= 11 is 1.66. The van der Waals surface area contributed by atoms with Crippen LogP contribution in [-0.2, 0) is 13.0 Å². The topological polar surface area (TPSA) is 77.0 Å². The first-order chi connectivity index (χ1) is 14.0. The minimum atomic E-state index is -2.93. The summed E-state index contributed by atoms with van der Waals surface area (Å²) in [6.07, 6.45) is 1.79. The molecule has 1 aliphatic heterocycles. The summed E-state index contributed by atoms with van der Waals surface area (Å²) in [7, 11) is 0. The molecule has 0 radical (unpaired) electrons. The first-order valence-electron chi connectivity index (χ1n) is 9.35. The number of rotatable bonds is 9. The number of hydrogen-bond donors (Lipinski definition) is 2. The number of thiazole rings is 1. The number of alkyl halides is 2. The van der Waals surface area contributed by atoms with Crippen molar-refractivity contribution >= 4 is 17.3 Å². The van der Waals surface area contributed by atoms with Crippen LogP contribution in [0, 0.1) is 6.92 Å². The van der Waals surface area contributed by atoms with Gasteiger partial charge in [0.1, 0.15) is 5.75 Å². The third-order valence-corrected chi connectivity index (χ3v) is 5.08. The predicted octanol–water partition coefficient (Wildman–Crippen LogP) is 3.47. The fourth-order valence-electron chi connectivity index (χ4n) is 2.76. The maximum absolute atomic E-state index is 12.8. The van der Waals surface area contributed by atoms with Crippen molar-refractivity contribution in [3.05, 3.63) is 33.8 Å². The van der Waals surface area contributed by atoms with Gasteiger partial charge in [0, 0.05) is 42.2 Å². The molecular weight excluding hydrogens is 402 g/mol. The van der Waals surface area contributed by atoms with Crippen molar-refractivity contribution in [1.82, 2.24) is 15.6 Å². The van der Waals surface area contributed by atoms with Crippen LogP contribution in [0.15, 0.2) is 22.5 Å². The molecule has 29 heavy (non-hydrogen) atoms. The Morgan fingerprint density at radius 2 is 2.10 bits per heavy atom. The van der Waals surface area contributed by atoms with Crippen molar-refractivity contribution in [2.45, 2.75) is 39.8 Å². The number of ether oxygens (including phenoxy) is 3. The fraction of sp³-hybridized carbons (Fsp3) is 0.474. The van der Waals surface area contributed by atoms with E-state index in [2.05, 4.69) is 25.3 Å². The van der Waals surface area contributed by atoms with Crippen LogP contribution in [0.25, 0.3) is 0 Å². The molecule has 1 aromatic heterocycles. The number of aromatic nitrogens is 1. The highest BCUT2D eigenvalue weighted by Crippen LogP contribution is 2.39. The third-order valence-electron chi connectivity index (χ3n) is 4.05. The monoisotopic (exact) mass is 426 g/mol. The van der Waals surface area contributed by atoms with E-state index in [0.29, 0.717) is 36.1 Å². The average molecular weight is 426 g/mol. The standard InChI is InChI=1S/C19H24F2N4O3S/c1-3-22-19(23-6-4-5-17-25-12(2)10-29-17)24-9-13-7-15-16(27-11-26-15)8-14(13)28-18(20)21/h7-8,10,18H,3-6,9,11H2,1-2H3,(H2,22,23,24). The average Bonchev–Trinajstić information content (AvgIpc) is 3.30. The van der Waals surface area contributed by atoms with E-state index in [4.69, 9.17) is 9.47 Å². The molecule has 0 bridgehead atoms. The van der Waals surface area contributed by atoms with Crippen molar-refractivity contribution in [3.8, 4) is 17.2 Å². The van der Waals surface area contributed by atoms with E-state index in [1.165, 1.54) is 6.07 Å². The lowest BCUT2D eigenvalue weighted by Crippen LogP contribution is -2.37. The maximum atomic E-state index is 12.8. The number of halogens is 2. The van der Waals surface area contributed by atoms with Crippen LogP contribution in [0.4, 0.5) is 8.78 Å². The Bertz CT molecular complexity index is 845. The number of hydrogen-bond acceptors (Lipinski definition) is 6. The number of nitrogens with one attached hydrogen (secondary N) is 2. The molecule has 10 heteroatoms. The summed E-state index contributed by atoms with van der Waals surface area (Å²) in [5.41, 5.74) is 1.53. The normalized spacial score (nSPS) is 13.1. The van der Waals surface area contributed by atoms with Crippen molar-refractivity contribution in [1.29, 1.82) is 0 Å². The van der Waals surface area contributed by atoms with Gasteiger partial charge in [-0.05, 0) is 26.3 Å². The molecule has 0 saturated carbocycles. The molecule has 0 amide bonds. The number of aliphatic imine (C=N–C) groups is 1. The molecule has 2 heterocycles. The second kappa shape index (κ2) is 10.2. The highest BCUT2D eigenvalue weighted by Gasteiger charge is 2.20. The molecular formula is C19H24F2N4O3S. The van der Waals surface area contributed by atoms with Gasteiger partial charge in [-0.25, -0.2) is 9.98 Å². The van der Waals surface area contributed by atoms with E-state index in [1.807, 2.05) is 19.2 Å². The van der Waals surface area contributed by atoms with Gasteiger partial charge in [0.2, 0.25) is 6.79 Å². The van der Waals surface area contributed by atoms with Gasteiger partial charge in [-0.2, -0.15) is 8.78 Å². The number of aryl methyl sites for hydroxylation is 2. The molecule has 2 aromatic rings. The molecule has 158 valence electrons. The molecule has 3 rings (SSSR count). The lowest BCUT2D eigenvalue weighted by molar-refractivity contribution is -0.0505. The molecule has 0 aliphatic carbocycles. The number of fused-ring (bicyclic) bond motifs is 1. The van der Waals surface area contributed by atoms with E-state index in [0.717, 1.165) is 23.5 Å². The molecule has 1 aliphatic rings. The first-order valence-corrected chi connectivity index (χ1v) is 10.2. The van der Waals surface area contributed by atoms with Crippen molar-refractivity contribution in [2.75, 3.05) is 19.9 Å². The smallest absolute Gasteiger partial charge is 0.387 e. The summed E-state index contributed by atoms with van der Waals surface area (Å²) in [6, 6.07) is 3.04. The lowest BCUT2D eigenvalue weighted by Gasteiger charge is -2.13. The van der Waals surface area contributed by atoms with Crippen molar-refractivity contribution in [3.63, 3.8) is 0 Å². The van der Waals surface area contributed by atoms with Crippen LogP contribution in [-0.4, -0.2) is 37.4 Å². The Balaban J connectivity index is 1.61. The summed E-state index contributed by atoms with van der Waals surface area (Å²) in [5, 5.41) is 9.55. The van der Waals surface area contributed by atoms with Crippen LogP contribution >= 0.6 is 11.3 Å². The van der Waals surface area contributed by atoms with Crippen molar-refractivity contribution in [2.24, 2.45) is 4.99 Å². The zero-order valence-corrected chi connectivity index (χ0v) is 17.2. The Kier molecular flexibility index (Phi) is 7.45. The first kappa shape index (κ1) is 21.1. The van der Waals surface area contributed by atoms with Crippen molar-refractivity contribution < 1.29 is 23.0 Å². The zero-order chi connectivity index (χ0) is 20.6. The molecule has 0 atom stereocenters. The summed E-state index contributed by atoms with van der Waals surface area (Å²) < 4.78 is 40.7. The van der Waals surface area contributed by atoms with Crippen LogP contribution in [0.1, 0.15) is 29.6 Å². The summed E-state index contributed by atoms with van der Waals surface area (Å²) in [4.78, 5) is 8.94. The zero-order valence-electron chi connectivity index (χ0n) is 16.3. The number of guanidine groups is 1. The Labute approximate surface area is 172 Å². The van der Waals surface area contributed by atoms with E-state index in [1.54, 1.807) is 17.4 Å². The number of benzene rings is 1. The van der Waals surface area contributed by atoms with Gasteiger partial charge >= 0.3 is 6.61 Å². The highest BCUT2D eigenvalue weighted by atomic mass is 32.1. The lowest BCUT2D eigenvalue weighted by atomic mass is 10.1. The van der Waals surface area contributed by atoms with Gasteiger partial charge in [-0.1, -0.05) is 0 Å². The SMILES string of the molecule is CCNC(=NCc1cc2c(cc1OC(F)F)OCO2)NCCCc1nc(C)cs1. The molecule has 0 spiro atoms. The van der Waals surface area contributed by atoms with Crippen LogP contribution in [0.5, 0.6) is 17.2 Å². The molecule has 7 nitrogen and oxygen atoms in total. The Hall–Kier alpha value is -2.62. The predicted molar refractivity (Wildman–Crippen MR) is 107 cm³/mol. The van der Waals surface area contributed by atoms with E-state index >= 15 is 0 Å². The van der Waals surface area contributed by atoms with E-state index in [9.17, 15) is 8.78 Å². The largest absolute Gasteiger partial charge is 0.454 e. The summed E-state index contributed by atoms with van der Waals surface area (Å²) in [6.45, 7) is 2.61. The molecule has 2 N–H and O–H groups in total. The second-order valence-corrected chi connectivity index (χ2v) is 7.24. The quantitative estimate of drug-likeness (QED) is 0.363. The third kappa shape index (κ3) is 6.18. The van der Waals surface area contributed by atoms with Gasteiger partial charge in [0.25, 0.3) is 0 Å². The van der Waals surface area contributed by atoms with E-state index < -0.39 is 6.61 Å². The van der Waals surface area contributed by atoms with Gasteiger partial charge < -0.3 is 24.8 Å². The second-order valence-electron chi connectivity index (χ2n) is 6.30. The molecule has 0 fully saturated rings. The Morgan fingerprint density at radius 1 is 1.31 bits per heavy atom. The fourth-order valence-corrected chi connectivity index (χ4v) is 3.58. The number of nitrogens with zero attached hydrogens (tertiary/aromatic N) is 2. The van der Waals surface area contributed by atoms with Gasteiger partial charge in [-0.3, -0.25) is 0 Å².